The van der Waals surface area contributed by atoms with Crippen molar-refractivity contribution in [2.75, 3.05) is 25.4 Å². The number of anilines is 1. The molecule has 0 saturated carbocycles. The van der Waals surface area contributed by atoms with Crippen LogP contribution in [0.25, 0.3) is 21.9 Å². The molecule has 3 N–H and O–H groups in total. The summed E-state index contributed by atoms with van der Waals surface area (Å²) in [6, 6.07) is 11.9. The maximum absolute atomic E-state index is 12.9. The first kappa shape index (κ1) is 18.5. The van der Waals surface area contributed by atoms with Gasteiger partial charge in [-0.05, 0) is 30.2 Å². The first-order valence-electron chi connectivity index (χ1n) is 10.0. The fourth-order valence-electron chi connectivity index (χ4n) is 3.95. The van der Waals surface area contributed by atoms with E-state index in [1.54, 1.807) is 0 Å². The van der Waals surface area contributed by atoms with Gasteiger partial charge in [-0.15, -0.1) is 0 Å². The van der Waals surface area contributed by atoms with Crippen LogP contribution in [-0.2, 0) is 16.0 Å². The van der Waals surface area contributed by atoms with Gasteiger partial charge in [0.15, 0.2) is 5.65 Å². The molecular formula is C22H22N6O2. The Kier molecular flexibility index (Phi) is 4.76. The number of nitrogen functional groups attached to an aromatic ring is 1. The van der Waals surface area contributed by atoms with Gasteiger partial charge in [0, 0.05) is 30.1 Å². The van der Waals surface area contributed by atoms with Gasteiger partial charge in [-0.1, -0.05) is 18.2 Å². The predicted molar refractivity (Wildman–Crippen MR) is 114 cm³/mol. The Morgan fingerprint density at radius 2 is 2.10 bits per heavy atom. The number of H-pyrrole nitrogens is 1. The summed E-state index contributed by atoms with van der Waals surface area (Å²) in [7, 11) is 0. The molecule has 0 bridgehead atoms. The third kappa shape index (κ3) is 3.46. The molecule has 1 atom stereocenters. The second-order valence-corrected chi connectivity index (χ2v) is 7.42. The Morgan fingerprint density at radius 3 is 3.03 bits per heavy atom. The number of ether oxygens (including phenoxy) is 1. The minimum absolute atomic E-state index is 0.126. The lowest BCUT2D eigenvalue weighted by Crippen LogP contribution is -2.42. The van der Waals surface area contributed by atoms with Gasteiger partial charge in [-0.2, -0.15) is 0 Å². The number of rotatable bonds is 4. The van der Waals surface area contributed by atoms with Crippen molar-refractivity contribution in [2.24, 2.45) is 0 Å². The molecule has 5 rings (SSSR count). The second-order valence-electron chi connectivity index (χ2n) is 7.42. The summed E-state index contributed by atoms with van der Waals surface area (Å²) in [6.45, 7) is 1.55. The van der Waals surface area contributed by atoms with Gasteiger partial charge in [0.1, 0.15) is 18.2 Å². The number of aromatic nitrogens is 4. The van der Waals surface area contributed by atoms with E-state index < -0.39 is 0 Å². The van der Waals surface area contributed by atoms with Crippen LogP contribution in [0.3, 0.4) is 0 Å². The largest absolute Gasteiger partial charge is 0.383 e. The molecule has 4 heterocycles. The normalized spacial score (nSPS) is 16.9. The average molecular weight is 402 g/mol. The SMILES string of the molecule is Nc1ncnc2nc(C3CN(C(=O)CCc4c[nH]c5ccccc45)CCO3)ccc12. The monoisotopic (exact) mass is 402 g/mol. The van der Waals surface area contributed by atoms with E-state index in [2.05, 4.69) is 26.0 Å². The Bertz CT molecular complexity index is 1220. The van der Waals surface area contributed by atoms with Crippen molar-refractivity contribution in [2.45, 2.75) is 18.9 Å². The minimum atomic E-state index is -0.281. The van der Waals surface area contributed by atoms with E-state index in [1.165, 1.54) is 11.7 Å². The topological polar surface area (TPSA) is 110 Å². The number of nitrogens with zero attached hydrogens (tertiary/aromatic N) is 4. The molecule has 0 spiro atoms. The fraction of sp³-hybridized carbons (Fsp3) is 0.273. The number of pyridine rings is 1. The summed E-state index contributed by atoms with van der Waals surface area (Å²) in [5.41, 5.74) is 9.42. The van der Waals surface area contributed by atoms with Crippen LogP contribution in [-0.4, -0.2) is 50.4 Å². The van der Waals surface area contributed by atoms with E-state index in [0.29, 0.717) is 49.4 Å². The smallest absolute Gasteiger partial charge is 0.223 e. The van der Waals surface area contributed by atoms with Crippen molar-refractivity contribution < 1.29 is 9.53 Å². The van der Waals surface area contributed by atoms with E-state index >= 15 is 0 Å². The zero-order valence-corrected chi connectivity index (χ0v) is 16.4. The number of para-hydroxylation sites is 1. The number of amides is 1. The molecule has 1 saturated heterocycles. The number of nitrogens with one attached hydrogen (secondary N) is 1. The van der Waals surface area contributed by atoms with Crippen LogP contribution < -0.4 is 5.73 Å². The highest BCUT2D eigenvalue weighted by Crippen LogP contribution is 2.25. The van der Waals surface area contributed by atoms with Gasteiger partial charge in [0.05, 0.1) is 24.2 Å². The number of aryl methyl sites for hydroxylation is 1. The van der Waals surface area contributed by atoms with Crippen LogP contribution in [0, 0.1) is 0 Å². The van der Waals surface area contributed by atoms with Crippen LogP contribution in [0.1, 0.15) is 23.8 Å². The van der Waals surface area contributed by atoms with Crippen molar-refractivity contribution in [1.29, 1.82) is 0 Å². The Morgan fingerprint density at radius 1 is 1.20 bits per heavy atom. The molecule has 4 aromatic rings. The molecular weight excluding hydrogens is 380 g/mol. The van der Waals surface area contributed by atoms with Gasteiger partial charge < -0.3 is 20.4 Å². The number of aromatic amines is 1. The summed E-state index contributed by atoms with van der Waals surface area (Å²) < 4.78 is 5.90. The maximum atomic E-state index is 12.9. The standard InChI is InChI=1S/C22H22N6O2/c23-21-16-6-7-18(27-22(16)26-13-25-21)19-12-28(9-10-30-19)20(29)8-5-14-11-24-17-4-2-1-3-15(14)17/h1-4,6-7,11,13,19,24H,5,8-10,12H2,(H2,23,25,26,27). The van der Waals surface area contributed by atoms with E-state index in [-0.39, 0.29) is 12.0 Å². The van der Waals surface area contributed by atoms with Crippen LogP contribution in [0.5, 0.6) is 0 Å². The number of benzene rings is 1. The van der Waals surface area contributed by atoms with Crippen LogP contribution in [0.4, 0.5) is 5.82 Å². The molecule has 1 fully saturated rings. The molecule has 1 aromatic carbocycles. The number of carbonyl (C=O) groups is 1. The van der Waals surface area contributed by atoms with Gasteiger partial charge in [0.25, 0.3) is 0 Å². The number of hydrogen-bond donors (Lipinski definition) is 2. The molecule has 1 aliphatic rings. The highest BCUT2D eigenvalue weighted by atomic mass is 16.5. The Balaban J connectivity index is 1.27. The first-order valence-corrected chi connectivity index (χ1v) is 10.0. The first-order chi connectivity index (χ1) is 14.7. The summed E-state index contributed by atoms with van der Waals surface area (Å²) in [5.74, 6) is 0.527. The van der Waals surface area contributed by atoms with E-state index in [4.69, 9.17) is 10.5 Å². The molecule has 1 unspecified atom stereocenters. The molecule has 30 heavy (non-hydrogen) atoms. The van der Waals surface area contributed by atoms with Crippen LogP contribution in [0.15, 0.2) is 48.9 Å². The minimum Gasteiger partial charge on any atom is -0.383 e. The lowest BCUT2D eigenvalue weighted by Gasteiger charge is -2.32. The van der Waals surface area contributed by atoms with E-state index in [9.17, 15) is 4.79 Å². The zero-order valence-electron chi connectivity index (χ0n) is 16.4. The molecule has 8 nitrogen and oxygen atoms in total. The van der Waals surface area contributed by atoms with Gasteiger partial charge in [-0.3, -0.25) is 4.79 Å². The lowest BCUT2D eigenvalue weighted by atomic mass is 10.1. The highest BCUT2D eigenvalue weighted by molar-refractivity contribution is 5.85. The predicted octanol–water partition coefficient (Wildman–Crippen LogP) is 2.62. The molecule has 152 valence electrons. The quantitative estimate of drug-likeness (QED) is 0.543. The number of nitrogens with two attached hydrogens (primary N) is 1. The van der Waals surface area contributed by atoms with Crippen molar-refractivity contribution in [3.05, 3.63) is 60.2 Å². The third-order valence-electron chi connectivity index (χ3n) is 5.58. The number of carbonyl (C=O) groups excluding carboxylic acids is 1. The molecule has 0 aliphatic carbocycles. The summed E-state index contributed by atoms with van der Waals surface area (Å²) in [6.07, 6.45) is 4.28. The van der Waals surface area contributed by atoms with Gasteiger partial charge in [-0.25, -0.2) is 15.0 Å². The zero-order chi connectivity index (χ0) is 20.5. The van der Waals surface area contributed by atoms with Crippen LogP contribution in [0.2, 0.25) is 0 Å². The Labute approximate surface area is 173 Å². The second kappa shape index (κ2) is 7.72. The number of morpholine rings is 1. The van der Waals surface area contributed by atoms with Crippen molar-refractivity contribution in [1.82, 2.24) is 24.8 Å². The molecule has 0 radical (unpaired) electrons. The summed E-state index contributed by atoms with van der Waals surface area (Å²) >= 11 is 0. The van der Waals surface area contributed by atoms with Gasteiger partial charge >= 0.3 is 0 Å². The van der Waals surface area contributed by atoms with E-state index in [1.807, 2.05) is 41.4 Å². The van der Waals surface area contributed by atoms with Crippen molar-refractivity contribution in [3.8, 4) is 0 Å². The highest BCUT2D eigenvalue weighted by Gasteiger charge is 2.26. The molecule has 3 aromatic heterocycles. The van der Waals surface area contributed by atoms with E-state index in [0.717, 1.165) is 16.8 Å². The fourth-order valence-corrected chi connectivity index (χ4v) is 3.95. The summed E-state index contributed by atoms with van der Waals surface area (Å²) in [5, 5.41) is 1.88. The number of hydrogen-bond acceptors (Lipinski definition) is 6. The number of fused-ring (bicyclic) bond motifs is 2. The average Bonchev–Trinajstić information content (AvgIpc) is 3.21. The molecule has 1 aliphatic heterocycles. The van der Waals surface area contributed by atoms with Gasteiger partial charge in [0.2, 0.25) is 5.91 Å². The lowest BCUT2D eigenvalue weighted by molar-refractivity contribution is -0.139. The Hall–Kier alpha value is -3.52. The summed E-state index contributed by atoms with van der Waals surface area (Å²) in [4.78, 5) is 30.8. The van der Waals surface area contributed by atoms with Crippen molar-refractivity contribution >= 4 is 33.7 Å². The third-order valence-corrected chi connectivity index (χ3v) is 5.58. The molecule has 8 heteroatoms. The van der Waals surface area contributed by atoms with Crippen LogP contribution >= 0.6 is 0 Å². The van der Waals surface area contributed by atoms with Crippen molar-refractivity contribution in [3.63, 3.8) is 0 Å². The maximum Gasteiger partial charge on any atom is 0.223 e. The molecule has 1 amide bonds.